The average Bonchev–Trinajstić information content (AvgIpc) is 2.15. The number of aromatic nitrogens is 2. The lowest BCUT2D eigenvalue weighted by Crippen LogP contribution is -2.09. The summed E-state index contributed by atoms with van der Waals surface area (Å²) in [4.78, 5) is 7.90. The predicted molar refractivity (Wildman–Crippen MR) is 52.0 cm³/mol. The normalized spacial score (nSPS) is 10.1. The summed E-state index contributed by atoms with van der Waals surface area (Å²) in [6.07, 6.45) is 2.18. The van der Waals surface area contributed by atoms with Crippen molar-refractivity contribution in [3.05, 3.63) is 17.0 Å². The first-order valence-corrected chi connectivity index (χ1v) is 4.51. The number of anilines is 1. The maximum atomic E-state index is 8.62. The minimum atomic E-state index is 0.0742. The number of nitrogens with one attached hydrogen (secondary N) is 1. The fourth-order valence-corrected chi connectivity index (χ4v) is 1.30. The van der Waals surface area contributed by atoms with Crippen molar-refractivity contribution >= 4 is 17.4 Å². The van der Waals surface area contributed by atoms with Crippen LogP contribution in [-0.2, 0) is 6.42 Å². The first-order valence-electron chi connectivity index (χ1n) is 4.13. The molecular formula is C8H12ClN3O. The van der Waals surface area contributed by atoms with E-state index in [1.807, 2.05) is 6.92 Å². The second-order valence-electron chi connectivity index (χ2n) is 2.50. The highest BCUT2D eigenvalue weighted by molar-refractivity contribution is 6.30. The molecule has 0 radical (unpaired) electrons. The highest BCUT2D eigenvalue weighted by atomic mass is 35.5. The van der Waals surface area contributed by atoms with E-state index in [2.05, 4.69) is 15.3 Å². The van der Waals surface area contributed by atoms with E-state index in [1.54, 1.807) is 0 Å². The summed E-state index contributed by atoms with van der Waals surface area (Å²) in [5, 5.41) is 12.1. The van der Waals surface area contributed by atoms with Gasteiger partial charge in [0, 0.05) is 12.1 Å². The standard InChI is InChI=1S/C8H12ClN3O/c1-2-6-7(9)11-5-12-8(6)10-3-4-13/h5,13H,2-4H2,1H3,(H,10,11,12). The van der Waals surface area contributed by atoms with Gasteiger partial charge in [0.2, 0.25) is 0 Å². The molecule has 5 heteroatoms. The van der Waals surface area contributed by atoms with Crippen LogP contribution in [0.5, 0.6) is 0 Å². The highest BCUT2D eigenvalue weighted by Crippen LogP contribution is 2.19. The Morgan fingerprint density at radius 1 is 1.54 bits per heavy atom. The Morgan fingerprint density at radius 3 is 2.92 bits per heavy atom. The molecule has 0 saturated carbocycles. The second kappa shape index (κ2) is 4.99. The lowest BCUT2D eigenvalue weighted by molar-refractivity contribution is 0.311. The smallest absolute Gasteiger partial charge is 0.137 e. The zero-order valence-electron chi connectivity index (χ0n) is 7.42. The van der Waals surface area contributed by atoms with Gasteiger partial charge in [0.05, 0.1) is 6.61 Å². The van der Waals surface area contributed by atoms with Crippen LogP contribution in [0.4, 0.5) is 5.82 Å². The molecule has 0 aliphatic heterocycles. The Kier molecular flexibility index (Phi) is 3.92. The van der Waals surface area contributed by atoms with Crippen molar-refractivity contribution in [3.8, 4) is 0 Å². The molecule has 0 atom stereocenters. The molecule has 0 spiro atoms. The van der Waals surface area contributed by atoms with E-state index in [4.69, 9.17) is 16.7 Å². The maximum absolute atomic E-state index is 8.62. The van der Waals surface area contributed by atoms with E-state index < -0.39 is 0 Å². The van der Waals surface area contributed by atoms with Crippen LogP contribution < -0.4 is 5.32 Å². The van der Waals surface area contributed by atoms with E-state index in [0.29, 0.717) is 17.5 Å². The number of hydrogen-bond donors (Lipinski definition) is 2. The van der Waals surface area contributed by atoms with Crippen LogP contribution in [0.3, 0.4) is 0 Å². The molecule has 0 fully saturated rings. The quantitative estimate of drug-likeness (QED) is 0.717. The van der Waals surface area contributed by atoms with Crippen LogP contribution in [0.25, 0.3) is 0 Å². The van der Waals surface area contributed by atoms with Gasteiger partial charge in [0.1, 0.15) is 17.3 Å². The summed E-state index contributed by atoms with van der Waals surface area (Å²) in [6, 6.07) is 0. The van der Waals surface area contributed by atoms with E-state index in [9.17, 15) is 0 Å². The topological polar surface area (TPSA) is 58.0 Å². The van der Waals surface area contributed by atoms with Gasteiger partial charge in [-0.25, -0.2) is 9.97 Å². The number of halogens is 1. The van der Waals surface area contributed by atoms with Crippen molar-refractivity contribution in [1.29, 1.82) is 0 Å². The molecule has 1 rings (SSSR count). The Morgan fingerprint density at radius 2 is 2.31 bits per heavy atom. The molecule has 1 aromatic heterocycles. The summed E-state index contributed by atoms with van der Waals surface area (Å²) in [6.45, 7) is 2.53. The molecule has 0 aliphatic rings. The third-order valence-corrected chi connectivity index (χ3v) is 1.98. The van der Waals surface area contributed by atoms with Gasteiger partial charge in [-0.15, -0.1) is 0 Å². The first kappa shape index (κ1) is 10.2. The highest BCUT2D eigenvalue weighted by Gasteiger charge is 2.06. The Balaban J connectivity index is 2.85. The van der Waals surface area contributed by atoms with Gasteiger partial charge < -0.3 is 10.4 Å². The molecular weight excluding hydrogens is 190 g/mol. The molecule has 2 N–H and O–H groups in total. The minimum absolute atomic E-state index is 0.0742. The van der Waals surface area contributed by atoms with Gasteiger partial charge in [0.15, 0.2) is 0 Å². The first-order chi connectivity index (χ1) is 6.29. The number of nitrogens with zero attached hydrogens (tertiary/aromatic N) is 2. The third kappa shape index (κ3) is 2.54. The van der Waals surface area contributed by atoms with Gasteiger partial charge >= 0.3 is 0 Å². The molecule has 1 heterocycles. The van der Waals surface area contributed by atoms with Crippen LogP contribution in [0.15, 0.2) is 6.33 Å². The fourth-order valence-electron chi connectivity index (χ4n) is 1.03. The number of aliphatic hydroxyl groups is 1. The zero-order chi connectivity index (χ0) is 9.68. The molecule has 0 aliphatic carbocycles. The van der Waals surface area contributed by atoms with Gasteiger partial charge in [-0.2, -0.15) is 0 Å². The minimum Gasteiger partial charge on any atom is -0.395 e. The van der Waals surface area contributed by atoms with Crippen LogP contribution in [0.2, 0.25) is 5.15 Å². The molecule has 0 bridgehead atoms. The maximum Gasteiger partial charge on any atom is 0.137 e. The molecule has 0 unspecified atom stereocenters. The van der Waals surface area contributed by atoms with E-state index >= 15 is 0 Å². The van der Waals surface area contributed by atoms with Gasteiger partial charge in [-0.3, -0.25) is 0 Å². The van der Waals surface area contributed by atoms with Crippen LogP contribution in [0, 0.1) is 0 Å². The monoisotopic (exact) mass is 201 g/mol. The summed E-state index contributed by atoms with van der Waals surface area (Å²) < 4.78 is 0. The predicted octanol–water partition coefficient (Wildman–Crippen LogP) is 1.10. The van der Waals surface area contributed by atoms with Crippen molar-refractivity contribution in [3.63, 3.8) is 0 Å². The second-order valence-corrected chi connectivity index (χ2v) is 2.85. The number of hydrogen-bond acceptors (Lipinski definition) is 4. The molecule has 0 aromatic carbocycles. The van der Waals surface area contributed by atoms with Crippen molar-refractivity contribution in [2.24, 2.45) is 0 Å². The van der Waals surface area contributed by atoms with Crippen molar-refractivity contribution in [1.82, 2.24) is 9.97 Å². The fraction of sp³-hybridized carbons (Fsp3) is 0.500. The molecule has 13 heavy (non-hydrogen) atoms. The van der Waals surface area contributed by atoms with Crippen LogP contribution >= 0.6 is 11.6 Å². The van der Waals surface area contributed by atoms with Gasteiger partial charge in [-0.1, -0.05) is 18.5 Å². The van der Waals surface area contributed by atoms with Gasteiger partial charge in [0.25, 0.3) is 0 Å². The van der Waals surface area contributed by atoms with Crippen LogP contribution in [-0.4, -0.2) is 28.2 Å². The molecule has 0 amide bonds. The van der Waals surface area contributed by atoms with Crippen molar-refractivity contribution in [2.45, 2.75) is 13.3 Å². The lowest BCUT2D eigenvalue weighted by Gasteiger charge is -2.08. The number of aliphatic hydroxyl groups excluding tert-OH is 1. The Bertz CT molecular complexity index is 280. The summed E-state index contributed by atoms with van der Waals surface area (Å²) in [5.41, 5.74) is 0.887. The average molecular weight is 202 g/mol. The Labute approximate surface area is 82.0 Å². The lowest BCUT2D eigenvalue weighted by atomic mass is 10.2. The zero-order valence-corrected chi connectivity index (χ0v) is 8.17. The molecule has 0 saturated heterocycles. The van der Waals surface area contributed by atoms with Gasteiger partial charge in [-0.05, 0) is 6.42 Å². The molecule has 72 valence electrons. The molecule has 1 aromatic rings. The summed E-state index contributed by atoms with van der Waals surface area (Å²) >= 11 is 5.85. The summed E-state index contributed by atoms with van der Waals surface area (Å²) in [7, 11) is 0. The van der Waals surface area contributed by atoms with Crippen molar-refractivity contribution < 1.29 is 5.11 Å². The molecule has 4 nitrogen and oxygen atoms in total. The van der Waals surface area contributed by atoms with Crippen molar-refractivity contribution in [2.75, 3.05) is 18.5 Å². The largest absolute Gasteiger partial charge is 0.395 e. The third-order valence-electron chi connectivity index (χ3n) is 1.65. The number of rotatable bonds is 4. The van der Waals surface area contributed by atoms with E-state index in [-0.39, 0.29) is 6.61 Å². The Hall–Kier alpha value is -0.870. The van der Waals surface area contributed by atoms with Crippen LogP contribution in [0.1, 0.15) is 12.5 Å². The summed E-state index contributed by atoms with van der Waals surface area (Å²) in [5.74, 6) is 0.705. The SMILES string of the molecule is CCc1c(Cl)ncnc1NCCO. The van der Waals surface area contributed by atoms with E-state index in [1.165, 1.54) is 6.33 Å². The van der Waals surface area contributed by atoms with E-state index in [0.717, 1.165) is 12.0 Å².